The summed E-state index contributed by atoms with van der Waals surface area (Å²) in [6.45, 7) is 6.18. The normalized spacial score (nSPS) is 23.3. The Morgan fingerprint density at radius 3 is 2.76 bits per heavy atom. The van der Waals surface area contributed by atoms with E-state index in [1.165, 1.54) is 44.3 Å². The molecule has 0 bridgehead atoms. The number of amides is 1. The Bertz CT molecular complexity index is 534. The van der Waals surface area contributed by atoms with Gasteiger partial charge in [0.25, 0.3) is 0 Å². The van der Waals surface area contributed by atoms with Crippen LogP contribution in [0.2, 0.25) is 0 Å². The SMILES string of the molecule is CCn1ccnc1[C@@H]1CCCN(CCC(=O)NC2CCCCCC2)C1. The number of aryl methyl sites for hydroxylation is 1. The fourth-order valence-corrected chi connectivity index (χ4v) is 4.40. The monoisotopic (exact) mass is 346 g/mol. The van der Waals surface area contributed by atoms with E-state index in [9.17, 15) is 4.79 Å². The van der Waals surface area contributed by atoms with Crippen molar-refractivity contribution in [3.63, 3.8) is 0 Å². The summed E-state index contributed by atoms with van der Waals surface area (Å²) < 4.78 is 2.26. The van der Waals surface area contributed by atoms with E-state index in [1.807, 2.05) is 6.20 Å². The van der Waals surface area contributed by atoms with Gasteiger partial charge < -0.3 is 14.8 Å². The van der Waals surface area contributed by atoms with Crippen molar-refractivity contribution in [2.45, 2.75) is 83.2 Å². The second-order valence-electron chi connectivity index (χ2n) is 7.72. The lowest BCUT2D eigenvalue weighted by Gasteiger charge is -2.32. The quantitative estimate of drug-likeness (QED) is 0.804. The van der Waals surface area contributed by atoms with Gasteiger partial charge in [0.1, 0.15) is 5.82 Å². The minimum Gasteiger partial charge on any atom is -0.353 e. The van der Waals surface area contributed by atoms with Crippen molar-refractivity contribution in [1.82, 2.24) is 19.8 Å². The van der Waals surface area contributed by atoms with Gasteiger partial charge >= 0.3 is 0 Å². The summed E-state index contributed by atoms with van der Waals surface area (Å²) in [5, 5.41) is 3.27. The van der Waals surface area contributed by atoms with E-state index in [0.717, 1.165) is 39.0 Å². The van der Waals surface area contributed by atoms with Crippen molar-refractivity contribution in [1.29, 1.82) is 0 Å². The molecule has 1 amide bonds. The minimum absolute atomic E-state index is 0.240. The van der Waals surface area contributed by atoms with Gasteiger partial charge in [-0.15, -0.1) is 0 Å². The molecule has 0 unspecified atom stereocenters. The van der Waals surface area contributed by atoms with Gasteiger partial charge in [-0.2, -0.15) is 0 Å². The number of rotatable bonds is 6. The van der Waals surface area contributed by atoms with Crippen LogP contribution < -0.4 is 5.32 Å². The van der Waals surface area contributed by atoms with Gasteiger partial charge in [-0.3, -0.25) is 4.79 Å². The molecule has 3 rings (SSSR count). The Kier molecular flexibility index (Phi) is 6.91. The average molecular weight is 347 g/mol. The van der Waals surface area contributed by atoms with Crippen LogP contribution in [0.15, 0.2) is 12.4 Å². The molecule has 1 aromatic heterocycles. The topological polar surface area (TPSA) is 50.2 Å². The van der Waals surface area contributed by atoms with Crippen LogP contribution in [0.25, 0.3) is 0 Å². The van der Waals surface area contributed by atoms with Gasteiger partial charge in [-0.05, 0) is 39.2 Å². The van der Waals surface area contributed by atoms with Gasteiger partial charge in [0.15, 0.2) is 0 Å². The van der Waals surface area contributed by atoms with Gasteiger partial charge in [0.2, 0.25) is 5.91 Å². The second-order valence-corrected chi connectivity index (χ2v) is 7.72. The number of nitrogens with one attached hydrogen (secondary N) is 1. The van der Waals surface area contributed by atoms with E-state index in [2.05, 4.69) is 32.9 Å². The third kappa shape index (κ3) is 5.30. The summed E-state index contributed by atoms with van der Waals surface area (Å²) in [4.78, 5) is 19.4. The maximum Gasteiger partial charge on any atom is 0.221 e. The van der Waals surface area contributed by atoms with Gasteiger partial charge in [-0.1, -0.05) is 25.7 Å². The van der Waals surface area contributed by atoms with Crippen LogP contribution in [0.3, 0.4) is 0 Å². The maximum atomic E-state index is 12.3. The first-order chi connectivity index (χ1) is 12.3. The Labute approximate surface area is 152 Å². The summed E-state index contributed by atoms with van der Waals surface area (Å²) in [6, 6.07) is 0.418. The van der Waals surface area contributed by atoms with Crippen LogP contribution in [-0.4, -0.2) is 46.0 Å². The van der Waals surface area contributed by atoms with E-state index in [0.29, 0.717) is 18.4 Å². The molecular formula is C20H34N4O. The van der Waals surface area contributed by atoms with Gasteiger partial charge in [-0.25, -0.2) is 4.98 Å². The Hall–Kier alpha value is -1.36. The third-order valence-electron chi connectivity index (χ3n) is 5.83. The van der Waals surface area contributed by atoms with Crippen molar-refractivity contribution >= 4 is 5.91 Å². The molecule has 1 aliphatic carbocycles. The number of carbonyl (C=O) groups excluding carboxylic acids is 1. The van der Waals surface area contributed by atoms with Crippen LogP contribution >= 0.6 is 0 Å². The summed E-state index contributed by atoms with van der Waals surface area (Å²) in [5.41, 5.74) is 0. The highest BCUT2D eigenvalue weighted by Crippen LogP contribution is 2.26. The standard InChI is InChI=1S/C20H34N4O/c1-2-24-15-12-21-20(24)17-8-7-13-23(16-17)14-11-19(25)22-18-9-5-3-4-6-10-18/h12,15,17-18H,2-11,13-14,16H2,1H3,(H,22,25)/t17-/m1/s1. The number of likely N-dealkylation sites (tertiary alicyclic amines) is 1. The molecule has 1 N–H and O–H groups in total. The molecule has 1 saturated heterocycles. The summed E-state index contributed by atoms with van der Waals surface area (Å²) in [5.74, 6) is 1.97. The molecular weight excluding hydrogens is 312 g/mol. The second kappa shape index (κ2) is 9.37. The highest BCUT2D eigenvalue weighted by Gasteiger charge is 2.25. The van der Waals surface area contributed by atoms with Crippen LogP contribution in [0, 0.1) is 0 Å². The van der Waals surface area contributed by atoms with Crippen molar-refractivity contribution in [3.8, 4) is 0 Å². The molecule has 0 radical (unpaired) electrons. The zero-order valence-electron chi connectivity index (χ0n) is 15.8. The first kappa shape index (κ1) is 18.4. The van der Waals surface area contributed by atoms with Crippen LogP contribution in [0.4, 0.5) is 0 Å². The lowest BCUT2D eigenvalue weighted by atomic mass is 9.97. The number of hydrogen-bond acceptors (Lipinski definition) is 3. The number of carbonyl (C=O) groups is 1. The molecule has 25 heavy (non-hydrogen) atoms. The molecule has 2 heterocycles. The summed E-state index contributed by atoms with van der Waals surface area (Å²) in [6.07, 6.45) is 14.6. The summed E-state index contributed by atoms with van der Waals surface area (Å²) >= 11 is 0. The smallest absolute Gasteiger partial charge is 0.221 e. The predicted octanol–water partition coefficient (Wildman–Crippen LogP) is 3.31. The number of piperidine rings is 1. The lowest BCUT2D eigenvalue weighted by molar-refractivity contribution is -0.122. The lowest BCUT2D eigenvalue weighted by Crippen LogP contribution is -2.40. The van der Waals surface area contributed by atoms with Crippen LogP contribution in [0.5, 0.6) is 0 Å². The molecule has 1 saturated carbocycles. The average Bonchev–Trinajstić information content (AvgIpc) is 2.97. The fraction of sp³-hybridized carbons (Fsp3) is 0.800. The zero-order valence-corrected chi connectivity index (χ0v) is 15.8. The molecule has 1 aromatic rings. The number of aromatic nitrogens is 2. The largest absolute Gasteiger partial charge is 0.353 e. The molecule has 1 aliphatic heterocycles. The van der Waals surface area contributed by atoms with Crippen LogP contribution in [-0.2, 0) is 11.3 Å². The first-order valence-electron chi connectivity index (χ1n) is 10.3. The number of nitrogens with zero attached hydrogens (tertiary/aromatic N) is 3. The van der Waals surface area contributed by atoms with Gasteiger partial charge in [0.05, 0.1) is 0 Å². The van der Waals surface area contributed by atoms with Crippen molar-refractivity contribution in [2.24, 2.45) is 0 Å². The Morgan fingerprint density at radius 2 is 2.00 bits per heavy atom. The third-order valence-corrected chi connectivity index (χ3v) is 5.83. The van der Waals surface area contributed by atoms with Gasteiger partial charge in [0, 0.05) is 50.4 Å². The van der Waals surface area contributed by atoms with E-state index in [-0.39, 0.29) is 5.91 Å². The van der Waals surface area contributed by atoms with E-state index < -0.39 is 0 Å². The van der Waals surface area contributed by atoms with Crippen molar-refractivity contribution in [3.05, 3.63) is 18.2 Å². The van der Waals surface area contributed by atoms with E-state index in [4.69, 9.17) is 0 Å². The fourth-order valence-electron chi connectivity index (χ4n) is 4.40. The van der Waals surface area contributed by atoms with E-state index in [1.54, 1.807) is 0 Å². The Balaban J connectivity index is 1.44. The molecule has 2 fully saturated rings. The highest BCUT2D eigenvalue weighted by atomic mass is 16.1. The maximum absolute atomic E-state index is 12.3. The molecule has 0 aromatic carbocycles. The van der Waals surface area contributed by atoms with E-state index >= 15 is 0 Å². The van der Waals surface area contributed by atoms with Crippen LogP contribution in [0.1, 0.15) is 76.5 Å². The number of hydrogen-bond donors (Lipinski definition) is 1. The molecule has 140 valence electrons. The molecule has 5 heteroatoms. The zero-order chi connectivity index (χ0) is 17.5. The summed E-state index contributed by atoms with van der Waals surface area (Å²) in [7, 11) is 0. The Morgan fingerprint density at radius 1 is 1.20 bits per heavy atom. The predicted molar refractivity (Wildman–Crippen MR) is 101 cm³/mol. The van der Waals surface area contributed by atoms with Crippen molar-refractivity contribution < 1.29 is 4.79 Å². The van der Waals surface area contributed by atoms with Crippen molar-refractivity contribution in [2.75, 3.05) is 19.6 Å². The molecule has 5 nitrogen and oxygen atoms in total. The molecule has 0 spiro atoms. The molecule has 1 atom stereocenters. The molecule has 2 aliphatic rings. The first-order valence-corrected chi connectivity index (χ1v) is 10.3. The highest BCUT2D eigenvalue weighted by molar-refractivity contribution is 5.76. The minimum atomic E-state index is 0.240. The number of imidazole rings is 1.